The van der Waals surface area contributed by atoms with Gasteiger partial charge in [-0.15, -0.1) is 0 Å². The lowest BCUT2D eigenvalue weighted by molar-refractivity contribution is 0.0950. The molecule has 2 aromatic rings. The van der Waals surface area contributed by atoms with Crippen LogP contribution >= 0.6 is 0 Å². The molecule has 4 rings (SSSR count). The lowest BCUT2D eigenvalue weighted by Crippen LogP contribution is -2.33. The largest absolute Gasteiger partial charge is 0.371 e. The van der Waals surface area contributed by atoms with Gasteiger partial charge < -0.3 is 15.5 Å². The highest BCUT2D eigenvalue weighted by molar-refractivity contribution is 6.06. The molecule has 5 nitrogen and oxygen atoms in total. The summed E-state index contributed by atoms with van der Waals surface area (Å²) >= 11 is 0. The van der Waals surface area contributed by atoms with E-state index in [0.29, 0.717) is 22.9 Å². The summed E-state index contributed by atoms with van der Waals surface area (Å²) < 4.78 is 0. The Morgan fingerprint density at radius 1 is 0.929 bits per heavy atom. The van der Waals surface area contributed by atoms with Gasteiger partial charge in [0.25, 0.3) is 11.8 Å². The zero-order chi connectivity index (χ0) is 19.5. The molecule has 1 saturated heterocycles. The number of rotatable bonds is 5. The Morgan fingerprint density at radius 2 is 1.64 bits per heavy atom. The average Bonchev–Trinajstić information content (AvgIpc) is 3.53. The molecule has 1 saturated carbocycles. The van der Waals surface area contributed by atoms with E-state index in [1.165, 1.54) is 6.42 Å². The minimum absolute atomic E-state index is 0.0468. The number of hydrogen-bond acceptors (Lipinski definition) is 3. The first-order valence-corrected chi connectivity index (χ1v) is 10.2. The third-order valence-corrected chi connectivity index (χ3v) is 5.42. The van der Waals surface area contributed by atoms with Crippen LogP contribution in [0.5, 0.6) is 0 Å². The van der Waals surface area contributed by atoms with Gasteiger partial charge in [-0.25, -0.2) is 0 Å². The van der Waals surface area contributed by atoms with Gasteiger partial charge in [-0.1, -0.05) is 17.7 Å². The number of benzene rings is 2. The molecule has 1 heterocycles. The first kappa shape index (κ1) is 18.5. The van der Waals surface area contributed by atoms with Crippen molar-refractivity contribution in [2.24, 2.45) is 0 Å². The van der Waals surface area contributed by atoms with Crippen LogP contribution < -0.4 is 15.5 Å². The molecule has 28 heavy (non-hydrogen) atoms. The predicted octanol–water partition coefficient (Wildman–Crippen LogP) is 4.13. The molecule has 0 radical (unpaired) electrons. The summed E-state index contributed by atoms with van der Waals surface area (Å²) in [5, 5.41) is 6.02. The number of hydrogen-bond donors (Lipinski definition) is 2. The van der Waals surface area contributed by atoms with Gasteiger partial charge in [-0.2, -0.15) is 0 Å². The lowest BCUT2D eigenvalue weighted by Gasteiger charge is -2.30. The normalized spacial score (nSPS) is 16.5. The van der Waals surface area contributed by atoms with Gasteiger partial charge in [0.2, 0.25) is 0 Å². The fraction of sp³-hybridized carbons (Fsp3) is 0.391. The summed E-state index contributed by atoms with van der Waals surface area (Å²) in [6.45, 7) is 3.93. The van der Waals surface area contributed by atoms with Crippen molar-refractivity contribution in [2.75, 3.05) is 23.3 Å². The first-order valence-electron chi connectivity index (χ1n) is 10.2. The third kappa shape index (κ3) is 4.35. The Labute approximate surface area is 166 Å². The number of carbonyl (C=O) groups is 2. The van der Waals surface area contributed by atoms with E-state index in [1.54, 1.807) is 0 Å². The van der Waals surface area contributed by atoms with E-state index in [4.69, 9.17) is 0 Å². The molecule has 0 atom stereocenters. The maximum absolute atomic E-state index is 12.9. The molecule has 0 aromatic heterocycles. The van der Waals surface area contributed by atoms with Gasteiger partial charge >= 0.3 is 0 Å². The first-order chi connectivity index (χ1) is 13.6. The van der Waals surface area contributed by atoms with E-state index < -0.39 is 0 Å². The van der Waals surface area contributed by atoms with Crippen LogP contribution in [0.2, 0.25) is 0 Å². The summed E-state index contributed by atoms with van der Waals surface area (Å²) in [6, 6.07) is 13.4. The second kappa shape index (κ2) is 8.05. The van der Waals surface area contributed by atoms with Crippen molar-refractivity contribution in [3.8, 4) is 0 Å². The van der Waals surface area contributed by atoms with Crippen molar-refractivity contribution < 1.29 is 9.59 Å². The number of nitrogens with zero attached hydrogens (tertiary/aromatic N) is 1. The number of amides is 2. The Morgan fingerprint density at radius 3 is 2.32 bits per heavy atom. The maximum Gasteiger partial charge on any atom is 0.255 e. The van der Waals surface area contributed by atoms with E-state index in [-0.39, 0.29) is 11.8 Å². The highest BCUT2D eigenvalue weighted by Crippen LogP contribution is 2.29. The van der Waals surface area contributed by atoms with E-state index in [9.17, 15) is 9.59 Å². The number of piperidine rings is 1. The van der Waals surface area contributed by atoms with Crippen molar-refractivity contribution >= 4 is 23.2 Å². The van der Waals surface area contributed by atoms with Gasteiger partial charge in [0.15, 0.2) is 0 Å². The SMILES string of the molecule is Cc1ccc(C(=O)Nc2ccc(N3CCCCC3)c(C(=O)NC3CC3)c2)cc1. The number of aryl methyl sites for hydroxylation is 1. The fourth-order valence-electron chi connectivity index (χ4n) is 3.61. The lowest BCUT2D eigenvalue weighted by atomic mass is 10.1. The molecule has 2 fully saturated rings. The highest BCUT2D eigenvalue weighted by Gasteiger charge is 2.26. The fourth-order valence-corrected chi connectivity index (χ4v) is 3.61. The van der Waals surface area contributed by atoms with Crippen LogP contribution in [0, 0.1) is 6.92 Å². The standard InChI is InChI=1S/C23H27N3O2/c1-16-5-7-17(8-6-16)22(27)25-19-11-12-21(26-13-3-2-4-14-26)20(15-19)23(28)24-18-9-10-18/h5-8,11-12,15,18H,2-4,9-10,13-14H2,1H3,(H,24,28)(H,25,27). The minimum Gasteiger partial charge on any atom is -0.371 e. The molecular weight excluding hydrogens is 350 g/mol. The quantitative estimate of drug-likeness (QED) is 0.824. The summed E-state index contributed by atoms with van der Waals surface area (Å²) in [6.07, 6.45) is 5.64. The van der Waals surface area contributed by atoms with Gasteiger partial charge in [0, 0.05) is 36.1 Å². The molecule has 1 aliphatic heterocycles. The summed E-state index contributed by atoms with van der Waals surface area (Å²) in [4.78, 5) is 27.7. The third-order valence-electron chi connectivity index (χ3n) is 5.42. The highest BCUT2D eigenvalue weighted by atomic mass is 16.2. The molecular formula is C23H27N3O2. The van der Waals surface area contributed by atoms with Gasteiger partial charge in [-0.05, 0) is 69.4 Å². The minimum atomic E-state index is -0.167. The second-order valence-electron chi connectivity index (χ2n) is 7.85. The Bertz CT molecular complexity index is 866. The van der Waals surface area contributed by atoms with Crippen LogP contribution in [0.1, 0.15) is 58.4 Å². The summed E-state index contributed by atoms with van der Waals surface area (Å²) in [7, 11) is 0. The van der Waals surface area contributed by atoms with E-state index in [0.717, 1.165) is 50.0 Å². The monoisotopic (exact) mass is 377 g/mol. The molecule has 5 heteroatoms. The molecule has 1 aliphatic carbocycles. The van der Waals surface area contributed by atoms with Gasteiger partial charge in [0.05, 0.1) is 5.56 Å². The molecule has 0 spiro atoms. The molecule has 2 aromatic carbocycles. The van der Waals surface area contributed by atoms with Crippen molar-refractivity contribution in [1.29, 1.82) is 0 Å². The van der Waals surface area contributed by atoms with Crippen LogP contribution in [0.4, 0.5) is 11.4 Å². The number of carbonyl (C=O) groups excluding carboxylic acids is 2. The molecule has 146 valence electrons. The van der Waals surface area contributed by atoms with Crippen LogP contribution in [0.15, 0.2) is 42.5 Å². The van der Waals surface area contributed by atoms with Crippen LogP contribution in [0.25, 0.3) is 0 Å². The second-order valence-corrected chi connectivity index (χ2v) is 7.85. The summed E-state index contributed by atoms with van der Waals surface area (Å²) in [5.41, 5.74) is 3.98. The van der Waals surface area contributed by atoms with E-state index in [1.807, 2.05) is 49.4 Å². The van der Waals surface area contributed by atoms with Crippen LogP contribution in [0.3, 0.4) is 0 Å². The number of nitrogens with one attached hydrogen (secondary N) is 2. The van der Waals surface area contributed by atoms with Gasteiger partial charge in [0.1, 0.15) is 0 Å². The van der Waals surface area contributed by atoms with Crippen molar-refractivity contribution in [3.05, 3.63) is 59.2 Å². The van der Waals surface area contributed by atoms with Crippen molar-refractivity contribution in [2.45, 2.75) is 45.1 Å². The molecule has 0 unspecified atom stereocenters. The Kier molecular flexibility index (Phi) is 5.33. The van der Waals surface area contributed by atoms with Crippen molar-refractivity contribution in [3.63, 3.8) is 0 Å². The predicted molar refractivity (Wildman–Crippen MR) is 112 cm³/mol. The summed E-state index contributed by atoms with van der Waals surface area (Å²) in [5.74, 6) is -0.214. The number of anilines is 2. The van der Waals surface area contributed by atoms with E-state index in [2.05, 4.69) is 15.5 Å². The zero-order valence-electron chi connectivity index (χ0n) is 16.3. The smallest absolute Gasteiger partial charge is 0.255 e. The molecule has 2 aliphatic rings. The maximum atomic E-state index is 12.9. The van der Waals surface area contributed by atoms with Crippen molar-refractivity contribution in [1.82, 2.24) is 5.32 Å². The molecule has 0 bridgehead atoms. The zero-order valence-corrected chi connectivity index (χ0v) is 16.3. The Balaban J connectivity index is 1.58. The van der Waals surface area contributed by atoms with E-state index >= 15 is 0 Å². The van der Waals surface area contributed by atoms with Crippen LogP contribution in [-0.4, -0.2) is 30.9 Å². The Hall–Kier alpha value is -2.82. The topological polar surface area (TPSA) is 61.4 Å². The average molecular weight is 377 g/mol. The van der Waals surface area contributed by atoms with Gasteiger partial charge in [-0.3, -0.25) is 9.59 Å². The van der Waals surface area contributed by atoms with Crippen LogP contribution in [-0.2, 0) is 0 Å². The molecule has 2 N–H and O–H groups in total. The molecule has 2 amide bonds.